The molecule has 2 heterocycles. The number of aromatic nitrogens is 2. The van der Waals surface area contributed by atoms with Gasteiger partial charge in [0.25, 0.3) is 5.56 Å². The maximum absolute atomic E-state index is 13.0. The molecule has 1 N–H and O–H groups in total. The van der Waals surface area contributed by atoms with Crippen LogP contribution in [0.2, 0.25) is 0 Å². The monoisotopic (exact) mass is 388 g/mol. The van der Waals surface area contributed by atoms with Crippen LogP contribution in [-0.4, -0.2) is 27.5 Å². The highest BCUT2D eigenvalue weighted by atomic mass is 16.6. The number of aromatic amines is 1. The van der Waals surface area contributed by atoms with Crippen LogP contribution in [0.5, 0.6) is 0 Å². The van der Waals surface area contributed by atoms with E-state index in [0.29, 0.717) is 33.2 Å². The standard InChI is InChI=1S/C23H20N2O4/c1-23(2,3)29-22(28)25-19-9-8-14(13-26)10-16(19)12-20(25)17-11-15-6-4-5-7-18(15)24-21(17)27/h4-13H,1-3H3,(H,24,27). The van der Waals surface area contributed by atoms with Crippen LogP contribution in [-0.2, 0) is 4.74 Å². The molecule has 29 heavy (non-hydrogen) atoms. The predicted molar refractivity (Wildman–Crippen MR) is 113 cm³/mol. The molecule has 6 heteroatoms. The molecule has 0 atom stereocenters. The van der Waals surface area contributed by atoms with Crippen molar-refractivity contribution in [1.82, 2.24) is 9.55 Å². The lowest BCUT2D eigenvalue weighted by atomic mass is 10.1. The maximum atomic E-state index is 13.0. The van der Waals surface area contributed by atoms with Crippen molar-refractivity contribution < 1.29 is 14.3 Å². The van der Waals surface area contributed by atoms with Gasteiger partial charge in [-0.05, 0) is 62.6 Å². The van der Waals surface area contributed by atoms with Gasteiger partial charge in [-0.25, -0.2) is 9.36 Å². The van der Waals surface area contributed by atoms with E-state index in [1.54, 1.807) is 51.1 Å². The summed E-state index contributed by atoms with van der Waals surface area (Å²) in [5.74, 6) is 0. The van der Waals surface area contributed by atoms with Crippen LogP contribution in [0.3, 0.4) is 0 Å². The number of carbonyl (C=O) groups is 2. The number of H-pyrrole nitrogens is 1. The van der Waals surface area contributed by atoms with Crippen molar-refractivity contribution in [2.45, 2.75) is 26.4 Å². The van der Waals surface area contributed by atoms with Gasteiger partial charge in [0.05, 0.1) is 16.8 Å². The van der Waals surface area contributed by atoms with Crippen LogP contribution in [0.1, 0.15) is 31.1 Å². The molecule has 0 aliphatic rings. The molecular formula is C23H20N2O4. The number of fused-ring (bicyclic) bond motifs is 2. The van der Waals surface area contributed by atoms with E-state index < -0.39 is 11.7 Å². The van der Waals surface area contributed by atoms with Gasteiger partial charge in [0.15, 0.2) is 0 Å². The van der Waals surface area contributed by atoms with Crippen LogP contribution in [0, 0.1) is 0 Å². The van der Waals surface area contributed by atoms with Crippen molar-refractivity contribution in [1.29, 1.82) is 0 Å². The zero-order valence-corrected chi connectivity index (χ0v) is 16.4. The lowest BCUT2D eigenvalue weighted by Gasteiger charge is -2.21. The van der Waals surface area contributed by atoms with E-state index in [1.807, 2.05) is 24.3 Å². The first-order chi connectivity index (χ1) is 13.8. The molecule has 0 amide bonds. The highest BCUT2D eigenvalue weighted by molar-refractivity contribution is 5.99. The van der Waals surface area contributed by atoms with Gasteiger partial charge in [-0.1, -0.05) is 18.2 Å². The fourth-order valence-electron chi connectivity index (χ4n) is 3.35. The molecule has 0 aliphatic carbocycles. The molecule has 0 unspecified atom stereocenters. The quantitative estimate of drug-likeness (QED) is 0.503. The average molecular weight is 388 g/mol. The van der Waals surface area contributed by atoms with Crippen molar-refractivity contribution in [2.24, 2.45) is 0 Å². The van der Waals surface area contributed by atoms with Crippen LogP contribution < -0.4 is 5.56 Å². The lowest BCUT2D eigenvalue weighted by Crippen LogP contribution is -2.28. The molecule has 0 saturated carbocycles. The molecule has 0 saturated heterocycles. The van der Waals surface area contributed by atoms with Crippen molar-refractivity contribution >= 4 is 34.2 Å². The number of carbonyl (C=O) groups excluding carboxylic acids is 2. The van der Waals surface area contributed by atoms with E-state index in [1.165, 1.54) is 4.57 Å². The third-order valence-electron chi connectivity index (χ3n) is 4.57. The van der Waals surface area contributed by atoms with Crippen molar-refractivity contribution in [2.75, 3.05) is 0 Å². The first-order valence-corrected chi connectivity index (χ1v) is 9.23. The Kier molecular flexibility index (Phi) is 4.34. The zero-order chi connectivity index (χ0) is 20.8. The number of benzene rings is 2. The lowest BCUT2D eigenvalue weighted by molar-refractivity contribution is 0.0547. The first kappa shape index (κ1) is 18.7. The Bertz CT molecular complexity index is 1320. The van der Waals surface area contributed by atoms with E-state index >= 15 is 0 Å². The number of hydrogen-bond acceptors (Lipinski definition) is 4. The van der Waals surface area contributed by atoms with E-state index in [4.69, 9.17) is 4.74 Å². The molecule has 4 rings (SSSR count). The molecular weight excluding hydrogens is 368 g/mol. The molecule has 4 aromatic rings. The SMILES string of the molecule is CC(C)(C)OC(=O)n1c(-c2cc3ccccc3[nH]c2=O)cc2cc(C=O)ccc21. The molecule has 2 aromatic heterocycles. The Hall–Kier alpha value is -3.67. The molecule has 0 fully saturated rings. The smallest absolute Gasteiger partial charge is 0.419 e. The summed E-state index contributed by atoms with van der Waals surface area (Å²) in [7, 11) is 0. The van der Waals surface area contributed by atoms with E-state index in [-0.39, 0.29) is 5.56 Å². The van der Waals surface area contributed by atoms with Crippen LogP contribution in [0.25, 0.3) is 33.1 Å². The second kappa shape index (κ2) is 6.74. The van der Waals surface area contributed by atoms with Gasteiger partial charge in [0.1, 0.15) is 11.9 Å². The minimum absolute atomic E-state index is 0.313. The highest BCUT2D eigenvalue weighted by Gasteiger charge is 2.24. The summed E-state index contributed by atoms with van der Waals surface area (Å²) in [5.41, 5.74) is 1.49. The normalized spacial score (nSPS) is 11.7. The predicted octanol–water partition coefficient (Wildman–Crippen LogP) is 4.75. The van der Waals surface area contributed by atoms with Crippen LogP contribution >= 0.6 is 0 Å². The number of hydrogen-bond donors (Lipinski definition) is 1. The van der Waals surface area contributed by atoms with Crippen LogP contribution in [0.15, 0.2) is 59.4 Å². The van der Waals surface area contributed by atoms with Gasteiger partial charge in [-0.2, -0.15) is 0 Å². The van der Waals surface area contributed by atoms with Crippen molar-refractivity contribution in [3.05, 3.63) is 70.5 Å². The molecule has 0 radical (unpaired) electrons. The third-order valence-corrected chi connectivity index (χ3v) is 4.57. The fraction of sp³-hybridized carbons (Fsp3) is 0.174. The molecule has 0 aliphatic heterocycles. The Labute approximate surface area is 166 Å². The number of nitrogens with zero attached hydrogens (tertiary/aromatic N) is 1. The van der Waals surface area contributed by atoms with Gasteiger partial charge >= 0.3 is 6.09 Å². The Morgan fingerprint density at radius 1 is 1.03 bits per heavy atom. The van der Waals surface area contributed by atoms with Crippen molar-refractivity contribution in [3.8, 4) is 11.3 Å². The molecule has 6 nitrogen and oxygen atoms in total. The summed E-state index contributed by atoms with van der Waals surface area (Å²) in [6.07, 6.45) is 0.154. The first-order valence-electron chi connectivity index (χ1n) is 9.23. The summed E-state index contributed by atoms with van der Waals surface area (Å²) < 4.78 is 6.96. The molecule has 0 bridgehead atoms. The van der Waals surface area contributed by atoms with E-state index in [0.717, 1.165) is 11.7 Å². The number of rotatable bonds is 2. The van der Waals surface area contributed by atoms with Gasteiger partial charge in [0, 0.05) is 16.5 Å². The van der Waals surface area contributed by atoms with Gasteiger partial charge < -0.3 is 9.72 Å². The molecule has 0 spiro atoms. The maximum Gasteiger partial charge on any atom is 0.419 e. The average Bonchev–Trinajstić information content (AvgIpc) is 3.04. The number of nitrogens with one attached hydrogen (secondary N) is 1. The number of para-hydroxylation sites is 1. The minimum Gasteiger partial charge on any atom is -0.443 e. The van der Waals surface area contributed by atoms with Crippen LogP contribution in [0.4, 0.5) is 4.79 Å². The second-order valence-corrected chi connectivity index (χ2v) is 7.88. The fourth-order valence-corrected chi connectivity index (χ4v) is 3.35. The molecule has 2 aromatic carbocycles. The van der Waals surface area contributed by atoms with E-state index in [2.05, 4.69) is 4.98 Å². The Balaban J connectivity index is 2.02. The summed E-state index contributed by atoms with van der Waals surface area (Å²) in [5, 5.41) is 1.51. The second-order valence-electron chi connectivity index (χ2n) is 7.88. The largest absolute Gasteiger partial charge is 0.443 e. The van der Waals surface area contributed by atoms with E-state index in [9.17, 15) is 14.4 Å². The third kappa shape index (κ3) is 3.45. The Morgan fingerprint density at radius 3 is 2.52 bits per heavy atom. The number of pyridine rings is 1. The summed E-state index contributed by atoms with van der Waals surface area (Å²) in [6.45, 7) is 5.34. The Morgan fingerprint density at radius 2 is 1.79 bits per heavy atom. The number of ether oxygens (including phenoxy) is 1. The summed E-state index contributed by atoms with van der Waals surface area (Å²) in [4.78, 5) is 39.9. The van der Waals surface area contributed by atoms with Gasteiger partial charge in [-0.3, -0.25) is 9.59 Å². The molecule has 146 valence electrons. The van der Waals surface area contributed by atoms with Gasteiger partial charge in [0.2, 0.25) is 0 Å². The van der Waals surface area contributed by atoms with Gasteiger partial charge in [-0.15, -0.1) is 0 Å². The topological polar surface area (TPSA) is 81.2 Å². The highest BCUT2D eigenvalue weighted by Crippen LogP contribution is 2.29. The van der Waals surface area contributed by atoms with Crippen molar-refractivity contribution in [3.63, 3.8) is 0 Å². The number of aldehydes is 1. The minimum atomic E-state index is -0.705. The zero-order valence-electron chi connectivity index (χ0n) is 16.4. The summed E-state index contributed by atoms with van der Waals surface area (Å²) >= 11 is 0. The summed E-state index contributed by atoms with van der Waals surface area (Å²) in [6, 6.07) is 15.9.